The predicted octanol–water partition coefficient (Wildman–Crippen LogP) is 3.06. The van der Waals surface area contributed by atoms with Crippen LogP contribution in [0.15, 0.2) is 0 Å². The fraction of sp³-hybridized carbons (Fsp3) is 1.00. The number of hydrogen-bond donors (Lipinski definition) is 1. The normalized spacial score (nSPS) is 18.9. The SMILES string of the molecule is CCC(CC)(CNC(C)C)CN1CCC(CN(C)C)CC1. The molecule has 1 aliphatic rings. The summed E-state index contributed by atoms with van der Waals surface area (Å²) in [6.07, 6.45) is 5.31. The topological polar surface area (TPSA) is 18.5 Å². The van der Waals surface area contributed by atoms with Crippen molar-refractivity contribution >= 4 is 0 Å². The van der Waals surface area contributed by atoms with Gasteiger partial charge >= 0.3 is 0 Å². The highest BCUT2D eigenvalue weighted by Crippen LogP contribution is 2.29. The van der Waals surface area contributed by atoms with E-state index in [0.29, 0.717) is 11.5 Å². The molecule has 3 heteroatoms. The van der Waals surface area contributed by atoms with Crippen molar-refractivity contribution in [2.24, 2.45) is 11.3 Å². The Hall–Kier alpha value is -0.120. The van der Waals surface area contributed by atoms with Crippen molar-refractivity contribution in [2.45, 2.75) is 59.4 Å². The first-order chi connectivity index (χ1) is 9.90. The quantitative estimate of drug-likeness (QED) is 0.705. The second kappa shape index (κ2) is 9.12. The van der Waals surface area contributed by atoms with E-state index in [0.717, 1.165) is 12.5 Å². The molecule has 0 unspecified atom stereocenters. The van der Waals surface area contributed by atoms with E-state index in [1.807, 2.05) is 0 Å². The van der Waals surface area contributed by atoms with E-state index in [1.165, 1.54) is 51.9 Å². The fourth-order valence-electron chi connectivity index (χ4n) is 3.52. The van der Waals surface area contributed by atoms with Gasteiger partial charge < -0.3 is 15.1 Å². The third kappa shape index (κ3) is 6.66. The van der Waals surface area contributed by atoms with Crippen molar-refractivity contribution in [3.63, 3.8) is 0 Å². The van der Waals surface area contributed by atoms with E-state index in [1.54, 1.807) is 0 Å². The predicted molar refractivity (Wildman–Crippen MR) is 93.9 cm³/mol. The van der Waals surface area contributed by atoms with E-state index in [2.05, 4.69) is 56.9 Å². The minimum Gasteiger partial charge on any atom is -0.314 e. The van der Waals surface area contributed by atoms with E-state index in [4.69, 9.17) is 0 Å². The first-order valence-electron chi connectivity index (χ1n) is 9.01. The minimum absolute atomic E-state index is 0.457. The van der Waals surface area contributed by atoms with Gasteiger partial charge in [0.2, 0.25) is 0 Å². The Balaban J connectivity index is 2.46. The smallest absolute Gasteiger partial charge is 0.00499 e. The monoisotopic (exact) mass is 297 g/mol. The lowest BCUT2D eigenvalue weighted by Gasteiger charge is -2.41. The van der Waals surface area contributed by atoms with Gasteiger partial charge in [-0.15, -0.1) is 0 Å². The van der Waals surface area contributed by atoms with Crippen molar-refractivity contribution in [3.05, 3.63) is 0 Å². The number of nitrogens with one attached hydrogen (secondary N) is 1. The summed E-state index contributed by atoms with van der Waals surface area (Å²) in [5.41, 5.74) is 0.457. The zero-order valence-electron chi connectivity index (χ0n) is 15.4. The van der Waals surface area contributed by atoms with Crippen molar-refractivity contribution in [1.29, 1.82) is 0 Å². The van der Waals surface area contributed by atoms with Gasteiger partial charge in [-0.1, -0.05) is 27.7 Å². The Morgan fingerprint density at radius 2 is 1.71 bits per heavy atom. The van der Waals surface area contributed by atoms with E-state index in [9.17, 15) is 0 Å². The average molecular weight is 298 g/mol. The highest BCUT2D eigenvalue weighted by atomic mass is 15.1. The number of nitrogens with zero attached hydrogens (tertiary/aromatic N) is 2. The molecule has 1 N–H and O–H groups in total. The molecule has 0 aromatic heterocycles. The van der Waals surface area contributed by atoms with Crippen LogP contribution in [0.25, 0.3) is 0 Å². The first kappa shape index (κ1) is 18.9. The van der Waals surface area contributed by atoms with Gasteiger partial charge in [0.25, 0.3) is 0 Å². The summed E-state index contributed by atoms with van der Waals surface area (Å²) in [4.78, 5) is 5.07. The van der Waals surface area contributed by atoms with Crippen molar-refractivity contribution in [1.82, 2.24) is 15.1 Å². The van der Waals surface area contributed by atoms with Crippen LogP contribution < -0.4 is 5.32 Å². The van der Waals surface area contributed by atoms with Crippen molar-refractivity contribution in [3.8, 4) is 0 Å². The lowest BCUT2D eigenvalue weighted by Crippen LogP contribution is -2.47. The van der Waals surface area contributed by atoms with Gasteiger partial charge in [0.05, 0.1) is 0 Å². The molecule has 1 heterocycles. The minimum atomic E-state index is 0.457. The Morgan fingerprint density at radius 1 is 1.14 bits per heavy atom. The molecular weight excluding hydrogens is 258 g/mol. The van der Waals surface area contributed by atoms with Crippen LogP contribution in [0, 0.1) is 11.3 Å². The zero-order valence-corrected chi connectivity index (χ0v) is 15.4. The molecule has 1 aliphatic heterocycles. The van der Waals surface area contributed by atoms with Crippen LogP contribution in [-0.2, 0) is 0 Å². The van der Waals surface area contributed by atoms with Gasteiger partial charge in [-0.2, -0.15) is 0 Å². The summed E-state index contributed by atoms with van der Waals surface area (Å²) >= 11 is 0. The largest absolute Gasteiger partial charge is 0.314 e. The maximum absolute atomic E-state index is 3.68. The van der Waals surface area contributed by atoms with Gasteiger partial charge in [0, 0.05) is 25.7 Å². The molecule has 0 aromatic carbocycles. The second-order valence-electron chi connectivity index (χ2n) is 7.72. The van der Waals surface area contributed by atoms with Crippen LogP contribution in [0.4, 0.5) is 0 Å². The molecule has 3 nitrogen and oxygen atoms in total. The fourth-order valence-corrected chi connectivity index (χ4v) is 3.52. The zero-order chi connectivity index (χ0) is 15.9. The second-order valence-corrected chi connectivity index (χ2v) is 7.72. The molecule has 0 radical (unpaired) electrons. The number of piperidine rings is 1. The Labute approximate surface area is 133 Å². The maximum Gasteiger partial charge on any atom is 0.00499 e. The molecule has 1 rings (SSSR count). The Kier molecular flexibility index (Phi) is 8.22. The molecule has 0 amide bonds. The van der Waals surface area contributed by atoms with Gasteiger partial charge in [-0.3, -0.25) is 0 Å². The highest BCUT2D eigenvalue weighted by molar-refractivity contribution is 4.85. The van der Waals surface area contributed by atoms with Crippen LogP contribution in [0.2, 0.25) is 0 Å². The number of hydrogen-bond acceptors (Lipinski definition) is 3. The van der Waals surface area contributed by atoms with Crippen molar-refractivity contribution in [2.75, 3.05) is 46.8 Å². The summed E-state index contributed by atoms with van der Waals surface area (Å²) in [6.45, 7) is 15.5. The summed E-state index contributed by atoms with van der Waals surface area (Å²) in [5, 5.41) is 3.68. The Morgan fingerprint density at radius 3 is 2.14 bits per heavy atom. The molecule has 0 aromatic rings. The lowest BCUT2D eigenvalue weighted by atomic mass is 9.80. The lowest BCUT2D eigenvalue weighted by molar-refractivity contribution is 0.0924. The highest BCUT2D eigenvalue weighted by Gasteiger charge is 2.30. The summed E-state index contributed by atoms with van der Waals surface area (Å²) in [7, 11) is 4.40. The van der Waals surface area contributed by atoms with Crippen LogP contribution in [0.5, 0.6) is 0 Å². The summed E-state index contributed by atoms with van der Waals surface area (Å²) in [5.74, 6) is 0.905. The number of rotatable bonds is 9. The molecule has 126 valence electrons. The number of likely N-dealkylation sites (tertiary alicyclic amines) is 1. The summed E-state index contributed by atoms with van der Waals surface area (Å²) < 4.78 is 0. The third-order valence-electron chi connectivity index (χ3n) is 5.27. The Bertz CT molecular complexity index is 264. The van der Waals surface area contributed by atoms with Gasteiger partial charge in [0.1, 0.15) is 0 Å². The molecule has 1 saturated heterocycles. The first-order valence-corrected chi connectivity index (χ1v) is 9.01. The average Bonchev–Trinajstić information content (AvgIpc) is 2.45. The van der Waals surface area contributed by atoms with Crippen LogP contribution in [0.3, 0.4) is 0 Å². The molecule has 0 saturated carbocycles. The van der Waals surface area contributed by atoms with Gasteiger partial charge in [-0.25, -0.2) is 0 Å². The van der Waals surface area contributed by atoms with Crippen molar-refractivity contribution < 1.29 is 0 Å². The molecule has 1 fully saturated rings. The van der Waals surface area contributed by atoms with Crippen LogP contribution in [-0.4, -0.2) is 62.7 Å². The molecule has 0 bridgehead atoms. The molecule has 0 aliphatic carbocycles. The molecular formula is C18H39N3. The third-order valence-corrected chi connectivity index (χ3v) is 5.27. The van der Waals surface area contributed by atoms with Gasteiger partial charge in [0.15, 0.2) is 0 Å². The van der Waals surface area contributed by atoms with Crippen LogP contribution in [0.1, 0.15) is 53.4 Å². The molecule has 0 spiro atoms. The summed E-state index contributed by atoms with van der Waals surface area (Å²) in [6, 6.07) is 0.591. The standard InChI is InChI=1S/C18H39N3/c1-7-18(8-2,14-19-16(3)4)15-21-11-9-17(10-12-21)13-20(5)6/h16-17,19H,7-15H2,1-6H3. The molecule has 21 heavy (non-hydrogen) atoms. The van der Waals surface area contributed by atoms with Crippen LogP contribution >= 0.6 is 0 Å². The van der Waals surface area contributed by atoms with E-state index < -0.39 is 0 Å². The molecule has 0 atom stereocenters. The maximum atomic E-state index is 3.68. The van der Waals surface area contributed by atoms with Gasteiger partial charge in [-0.05, 0) is 64.2 Å². The van der Waals surface area contributed by atoms with E-state index >= 15 is 0 Å². The van der Waals surface area contributed by atoms with E-state index in [-0.39, 0.29) is 0 Å².